The molecule has 1 N–H and O–H groups in total. The molecule has 0 saturated carbocycles. The molecule has 4 rings (SSSR count). The minimum Gasteiger partial charge on any atom is -0.439 e. The highest BCUT2D eigenvalue weighted by Gasteiger charge is 2.52. The Bertz CT molecular complexity index is 1220. The molecule has 1 atom stereocenters. The van der Waals surface area contributed by atoms with Crippen molar-refractivity contribution >= 4 is 34.8 Å². The summed E-state index contributed by atoms with van der Waals surface area (Å²) >= 11 is 0. The number of fused-ring (bicyclic) bond motifs is 2. The fraction of sp³-hybridized carbons (Fsp3) is 0.565. The van der Waals surface area contributed by atoms with Crippen LogP contribution in [0, 0.1) is 0 Å². The van der Waals surface area contributed by atoms with Crippen molar-refractivity contribution in [3.8, 4) is 0 Å². The quantitative estimate of drug-likeness (QED) is 0.508. The lowest BCUT2D eigenvalue weighted by Gasteiger charge is -2.42. The Labute approximate surface area is 197 Å². The molecule has 3 heterocycles. The van der Waals surface area contributed by atoms with Gasteiger partial charge in [-0.2, -0.15) is 12.7 Å². The van der Waals surface area contributed by atoms with Crippen LogP contribution in [0.5, 0.6) is 0 Å². The van der Waals surface area contributed by atoms with Crippen molar-refractivity contribution in [3.63, 3.8) is 0 Å². The number of rotatable bonds is 7. The molecule has 0 radical (unpaired) electrons. The Kier molecular flexibility index (Phi) is 6.09. The number of nitrogens with one attached hydrogen (secondary N) is 1. The van der Waals surface area contributed by atoms with Crippen molar-refractivity contribution in [2.45, 2.75) is 70.8 Å². The maximum Gasteiger partial charge on any atom is 0.308 e. The highest BCUT2D eigenvalue weighted by molar-refractivity contribution is 7.87. The number of benzene rings is 1. The number of hydrogen-bond donors (Lipinski definition) is 1. The Balaban J connectivity index is 2.00. The van der Waals surface area contributed by atoms with E-state index < -0.39 is 18.3 Å². The fourth-order valence-corrected chi connectivity index (χ4v) is 14.0. The van der Waals surface area contributed by atoms with Crippen LogP contribution in [-0.4, -0.2) is 48.8 Å². The second kappa shape index (κ2) is 8.33. The van der Waals surface area contributed by atoms with Crippen LogP contribution in [0.1, 0.15) is 64.9 Å². The molecule has 0 aliphatic carbocycles. The number of nitrogens with zero attached hydrogens (tertiary/aromatic N) is 4. The largest absolute Gasteiger partial charge is 0.439 e. The SMILES string of the molecule is CC(C)[Si](c1nc2c(n1S(=O)(=O)N(C)C)CNC2c1nc2ccccc2o1)(C(C)C)C(C)C. The van der Waals surface area contributed by atoms with Gasteiger partial charge in [-0.1, -0.05) is 53.7 Å². The molecule has 1 unspecified atom stereocenters. The zero-order valence-corrected chi connectivity index (χ0v) is 22.6. The maximum atomic E-state index is 13.7. The van der Waals surface area contributed by atoms with E-state index in [-0.39, 0.29) is 6.04 Å². The molecule has 8 nitrogen and oxygen atoms in total. The topological polar surface area (TPSA) is 93.3 Å². The van der Waals surface area contributed by atoms with Crippen LogP contribution >= 0.6 is 0 Å². The van der Waals surface area contributed by atoms with E-state index in [1.165, 1.54) is 4.31 Å². The summed E-state index contributed by atoms with van der Waals surface area (Å²) in [5, 5.41) is 3.39. The van der Waals surface area contributed by atoms with E-state index in [2.05, 4.69) is 51.8 Å². The number of aromatic nitrogens is 3. The molecule has 33 heavy (non-hydrogen) atoms. The molecule has 180 valence electrons. The summed E-state index contributed by atoms with van der Waals surface area (Å²) in [6, 6.07) is 7.24. The van der Waals surface area contributed by atoms with Gasteiger partial charge in [0, 0.05) is 20.6 Å². The molecule has 1 aliphatic rings. The Morgan fingerprint density at radius 3 is 2.21 bits per heavy atom. The molecule has 2 aromatic heterocycles. The number of hydrogen-bond acceptors (Lipinski definition) is 6. The van der Waals surface area contributed by atoms with Crippen molar-refractivity contribution in [1.82, 2.24) is 23.6 Å². The van der Waals surface area contributed by atoms with E-state index in [0.717, 1.165) is 11.0 Å². The minimum absolute atomic E-state index is 0.312. The van der Waals surface area contributed by atoms with Gasteiger partial charge in [-0.15, -0.1) is 0 Å². The van der Waals surface area contributed by atoms with Crippen LogP contribution in [0.25, 0.3) is 11.1 Å². The molecule has 10 heteroatoms. The van der Waals surface area contributed by atoms with E-state index in [1.54, 1.807) is 18.1 Å². The number of oxazole rings is 1. The van der Waals surface area contributed by atoms with Gasteiger partial charge < -0.3 is 4.42 Å². The zero-order valence-electron chi connectivity index (χ0n) is 20.7. The molecule has 0 bridgehead atoms. The summed E-state index contributed by atoms with van der Waals surface area (Å²) in [5.74, 6) is 0.513. The van der Waals surface area contributed by atoms with Gasteiger partial charge in [0.2, 0.25) is 5.89 Å². The molecule has 3 aromatic rings. The van der Waals surface area contributed by atoms with Gasteiger partial charge in [-0.05, 0) is 28.8 Å². The van der Waals surface area contributed by atoms with Crippen molar-refractivity contribution < 1.29 is 12.8 Å². The number of imidazole rings is 1. The molecule has 1 aliphatic heterocycles. The average molecular weight is 490 g/mol. The molecule has 0 saturated heterocycles. The van der Waals surface area contributed by atoms with Gasteiger partial charge in [0.15, 0.2) is 5.58 Å². The van der Waals surface area contributed by atoms with Crippen LogP contribution in [0.15, 0.2) is 28.7 Å². The van der Waals surface area contributed by atoms with E-state index in [4.69, 9.17) is 9.40 Å². The van der Waals surface area contributed by atoms with Crippen LogP contribution < -0.4 is 10.8 Å². The Morgan fingerprint density at radius 1 is 1.06 bits per heavy atom. The normalized spacial score (nSPS) is 17.3. The molecule has 0 amide bonds. The van der Waals surface area contributed by atoms with Crippen LogP contribution in [0.4, 0.5) is 0 Å². The predicted molar refractivity (Wildman–Crippen MR) is 134 cm³/mol. The monoisotopic (exact) mass is 489 g/mol. The summed E-state index contributed by atoms with van der Waals surface area (Å²) in [6.45, 7) is 13.7. The number of para-hydroxylation sites is 2. The van der Waals surface area contributed by atoms with E-state index in [9.17, 15) is 8.42 Å². The second-order valence-electron chi connectivity index (χ2n) is 10.1. The van der Waals surface area contributed by atoms with Gasteiger partial charge >= 0.3 is 10.2 Å². The minimum atomic E-state index is -3.77. The second-order valence-corrected chi connectivity index (χ2v) is 17.8. The Morgan fingerprint density at radius 2 is 1.67 bits per heavy atom. The summed E-state index contributed by atoms with van der Waals surface area (Å²) in [7, 11) is -3.01. The van der Waals surface area contributed by atoms with Crippen LogP contribution in [0.2, 0.25) is 16.6 Å². The molecule has 0 spiro atoms. The summed E-state index contributed by atoms with van der Waals surface area (Å²) in [5.41, 5.74) is 4.55. The zero-order chi connectivity index (χ0) is 24.3. The van der Waals surface area contributed by atoms with Gasteiger partial charge in [0.05, 0.1) is 11.4 Å². The molecular weight excluding hydrogens is 454 g/mol. The van der Waals surface area contributed by atoms with Crippen molar-refractivity contribution in [2.24, 2.45) is 0 Å². The van der Waals surface area contributed by atoms with Crippen molar-refractivity contribution in [2.75, 3.05) is 14.1 Å². The van der Waals surface area contributed by atoms with Gasteiger partial charge in [-0.3, -0.25) is 5.32 Å². The lowest BCUT2D eigenvalue weighted by molar-refractivity contribution is 0.466. The first-order valence-corrected chi connectivity index (χ1v) is 15.2. The summed E-state index contributed by atoms with van der Waals surface area (Å²) in [4.78, 5) is 9.83. The van der Waals surface area contributed by atoms with Gasteiger partial charge in [0.1, 0.15) is 25.1 Å². The van der Waals surface area contributed by atoms with E-state index >= 15 is 0 Å². The van der Waals surface area contributed by atoms with E-state index in [0.29, 0.717) is 46.0 Å². The fourth-order valence-electron chi connectivity index (χ4n) is 5.82. The lowest BCUT2D eigenvalue weighted by atomic mass is 10.2. The van der Waals surface area contributed by atoms with Crippen LogP contribution in [0.3, 0.4) is 0 Å². The van der Waals surface area contributed by atoms with Crippen molar-refractivity contribution in [3.05, 3.63) is 41.5 Å². The third-order valence-corrected chi connectivity index (χ3v) is 16.0. The highest BCUT2D eigenvalue weighted by atomic mass is 32.2. The molecule has 0 fully saturated rings. The first-order chi connectivity index (χ1) is 15.4. The molecular formula is C23H35N5O3SSi. The van der Waals surface area contributed by atoms with Gasteiger partial charge in [-0.25, -0.2) is 13.9 Å². The third-order valence-electron chi connectivity index (χ3n) is 7.21. The Hall–Kier alpha value is -2.01. The highest BCUT2D eigenvalue weighted by Crippen LogP contribution is 2.42. The maximum absolute atomic E-state index is 13.7. The van der Waals surface area contributed by atoms with Crippen LogP contribution in [-0.2, 0) is 16.8 Å². The first-order valence-electron chi connectivity index (χ1n) is 11.6. The van der Waals surface area contributed by atoms with Gasteiger partial charge in [0.25, 0.3) is 0 Å². The third kappa shape index (κ3) is 3.49. The van der Waals surface area contributed by atoms with E-state index in [1.807, 2.05) is 24.3 Å². The average Bonchev–Trinajstić information content (AvgIpc) is 3.39. The summed E-state index contributed by atoms with van der Waals surface area (Å²) in [6.07, 6.45) is 0. The standard InChI is InChI=1S/C23H35N5O3SSi/c1-14(2)33(15(3)4,16(5)6)23-26-20-18(28(23)32(29,30)27(7)8)13-24-21(20)22-25-17-11-9-10-12-19(17)31-22/h9-12,14-16,21,24H,13H2,1-8H3. The first kappa shape index (κ1) is 24.1. The summed E-state index contributed by atoms with van der Waals surface area (Å²) < 4.78 is 36.2. The van der Waals surface area contributed by atoms with Crippen molar-refractivity contribution in [1.29, 1.82) is 0 Å². The molecule has 1 aromatic carbocycles. The smallest absolute Gasteiger partial charge is 0.308 e. The predicted octanol–water partition coefficient (Wildman–Crippen LogP) is 3.76. The lowest BCUT2D eigenvalue weighted by Crippen LogP contribution is -2.61.